The van der Waals surface area contributed by atoms with E-state index >= 15 is 0 Å². The van der Waals surface area contributed by atoms with Crippen molar-refractivity contribution in [1.29, 1.82) is 0 Å². The van der Waals surface area contributed by atoms with E-state index in [9.17, 15) is 4.79 Å². The normalized spacial score (nSPS) is 11.4. The van der Waals surface area contributed by atoms with Crippen molar-refractivity contribution < 1.29 is 4.79 Å². The highest BCUT2D eigenvalue weighted by molar-refractivity contribution is 5.73. The molecule has 2 nitrogen and oxygen atoms in total. The summed E-state index contributed by atoms with van der Waals surface area (Å²) in [6.07, 6.45) is 5.56. The predicted octanol–water partition coefficient (Wildman–Crippen LogP) is 2.87. The van der Waals surface area contributed by atoms with Crippen molar-refractivity contribution in [2.75, 3.05) is 0 Å². The Morgan fingerprint density at radius 1 is 1.23 bits per heavy atom. The van der Waals surface area contributed by atoms with Gasteiger partial charge in [0.25, 0.3) is 0 Å². The summed E-state index contributed by atoms with van der Waals surface area (Å²) in [6, 6.07) is 0. The van der Waals surface area contributed by atoms with E-state index < -0.39 is 0 Å². The van der Waals surface area contributed by atoms with E-state index in [0.717, 1.165) is 19.3 Å². The Labute approximate surface area is 82.1 Å². The molecule has 0 spiro atoms. The Hall–Kier alpha value is -0.530. The van der Waals surface area contributed by atoms with Crippen LogP contribution in [0.3, 0.4) is 0 Å². The van der Waals surface area contributed by atoms with Crippen LogP contribution in [-0.4, -0.2) is 11.4 Å². The smallest absolute Gasteiger partial charge is 0.217 e. The summed E-state index contributed by atoms with van der Waals surface area (Å²) in [7, 11) is 0. The highest BCUT2D eigenvalue weighted by Crippen LogP contribution is 2.22. The Bertz CT molecular complexity index is 150. The first-order valence-corrected chi connectivity index (χ1v) is 5.39. The number of amides is 1. The monoisotopic (exact) mass is 185 g/mol. The van der Waals surface area contributed by atoms with Gasteiger partial charge in [-0.15, -0.1) is 0 Å². The van der Waals surface area contributed by atoms with Gasteiger partial charge in [-0.3, -0.25) is 4.79 Å². The number of hydrogen-bond acceptors (Lipinski definition) is 1. The van der Waals surface area contributed by atoms with Gasteiger partial charge in [0.1, 0.15) is 0 Å². The standard InChI is InChI=1S/C11H23NO/c1-5-8-9-11(6-2,7-3)12-10(4)13/h5-9H2,1-4H3,(H,12,13). The van der Waals surface area contributed by atoms with Crippen molar-refractivity contribution >= 4 is 5.91 Å². The number of nitrogens with one attached hydrogen (secondary N) is 1. The van der Waals surface area contributed by atoms with E-state index in [1.165, 1.54) is 12.8 Å². The summed E-state index contributed by atoms with van der Waals surface area (Å²) in [4.78, 5) is 11.0. The van der Waals surface area contributed by atoms with Crippen molar-refractivity contribution in [2.45, 2.75) is 65.3 Å². The second-order valence-electron chi connectivity index (χ2n) is 3.77. The molecule has 0 aromatic rings. The average Bonchev–Trinajstić information content (AvgIpc) is 2.12. The highest BCUT2D eigenvalue weighted by atomic mass is 16.1. The topological polar surface area (TPSA) is 29.1 Å². The quantitative estimate of drug-likeness (QED) is 0.677. The van der Waals surface area contributed by atoms with Gasteiger partial charge in [0, 0.05) is 12.5 Å². The lowest BCUT2D eigenvalue weighted by Crippen LogP contribution is -2.46. The fraction of sp³-hybridized carbons (Fsp3) is 0.909. The molecule has 0 rings (SSSR count). The summed E-state index contributed by atoms with van der Waals surface area (Å²) in [6.45, 7) is 8.08. The first-order valence-electron chi connectivity index (χ1n) is 5.39. The van der Waals surface area contributed by atoms with Gasteiger partial charge in [0.05, 0.1) is 0 Å². The molecule has 0 saturated carbocycles. The van der Waals surface area contributed by atoms with Crippen molar-refractivity contribution in [3.8, 4) is 0 Å². The predicted molar refractivity (Wildman–Crippen MR) is 56.7 cm³/mol. The van der Waals surface area contributed by atoms with Crippen molar-refractivity contribution in [1.82, 2.24) is 5.32 Å². The van der Waals surface area contributed by atoms with Gasteiger partial charge < -0.3 is 5.32 Å². The van der Waals surface area contributed by atoms with Gasteiger partial charge >= 0.3 is 0 Å². The van der Waals surface area contributed by atoms with Crippen LogP contribution in [-0.2, 0) is 4.79 Å². The zero-order chi connectivity index (χ0) is 10.3. The molecule has 0 aliphatic carbocycles. The maximum Gasteiger partial charge on any atom is 0.217 e. The van der Waals surface area contributed by atoms with Crippen molar-refractivity contribution in [2.24, 2.45) is 0 Å². The summed E-state index contributed by atoms with van der Waals surface area (Å²) < 4.78 is 0. The van der Waals surface area contributed by atoms with Crippen LogP contribution in [0.15, 0.2) is 0 Å². The van der Waals surface area contributed by atoms with Crippen LogP contribution >= 0.6 is 0 Å². The fourth-order valence-electron chi connectivity index (χ4n) is 1.73. The Morgan fingerprint density at radius 2 is 1.77 bits per heavy atom. The molecule has 0 aliphatic rings. The maximum absolute atomic E-state index is 11.0. The highest BCUT2D eigenvalue weighted by Gasteiger charge is 2.25. The summed E-state index contributed by atoms with van der Waals surface area (Å²) in [5, 5.41) is 3.09. The number of carbonyl (C=O) groups is 1. The fourth-order valence-corrected chi connectivity index (χ4v) is 1.73. The van der Waals surface area contributed by atoms with Crippen molar-refractivity contribution in [3.05, 3.63) is 0 Å². The average molecular weight is 185 g/mol. The van der Waals surface area contributed by atoms with Gasteiger partial charge in [-0.05, 0) is 19.3 Å². The summed E-state index contributed by atoms with van der Waals surface area (Å²) in [5.74, 6) is 0.0970. The second-order valence-corrected chi connectivity index (χ2v) is 3.77. The molecule has 0 fully saturated rings. The van der Waals surface area contributed by atoms with Crippen LogP contribution in [0.25, 0.3) is 0 Å². The lowest BCUT2D eigenvalue weighted by molar-refractivity contribution is -0.121. The van der Waals surface area contributed by atoms with Gasteiger partial charge in [0.15, 0.2) is 0 Å². The molecule has 1 amide bonds. The lowest BCUT2D eigenvalue weighted by atomic mass is 9.87. The SMILES string of the molecule is CCCCC(CC)(CC)NC(C)=O. The molecule has 1 N–H and O–H groups in total. The van der Waals surface area contributed by atoms with E-state index in [4.69, 9.17) is 0 Å². The zero-order valence-corrected chi connectivity index (χ0v) is 9.44. The van der Waals surface area contributed by atoms with Crippen molar-refractivity contribution in [3.63, 3.8) is 0 Å². The van der Waals surface area contributed by atoms with Gasteiger partial charge in [-0.1, -0.05) is 33.6 Å². The molecule has 0 heterocycles. The molecule has 13 heavy (non-hydrogen) atoms. The van der Waals surface area contributed by atoms with Crippen LogP contribution in [0.1, 0.15) is 59.8 Å². The minimum absolute atomic E-state index is 0.0574. The van der Waals surface area contributed by atoms with Gasteiger partial charge in [-0.2, -0.15) is 0 Å². The third-order valence-electron chi connectivity index (χ3n) is 2.80. The zero-order valence-electron chi connectivity index (χ0n) is 9.44. The van der Waals surface area contributed by atoms with Crippen LogP contribution in [0, 0.1) is 0 Å². The summed E-state index contributed by atoms with van der Waals surface area (Å²) in [5.41, 5.74) is 0.0574. The van der Waals surface area contributed by atoms with E-state index in [2.05, 4.69) is 26.1 Å². The second kappa shape index (κ2) is 6.01. The third-order valence-corrected chi connectivity index (χ3v) is 2.80. The molecule has 0 aliphatic heterocycles. The molecular formula is C11H23NO. The number of rotatable bonds is 6. The first kappa shape index (κ1) is 12.5. The molecule has 0 atom stereocenters. The van der Waals surface area contributed by atoms with Crippen LogP contribution in [0.2, 0.25) is 0 Å². The molecular weight excluding hydrogens is 162 g/mol. The Morgan fingerprint density at radius 3 is 2.08 bits per heavy atom. The number of carbonyl (C=O) groups excluding carboxylic acids is 1. The third kappa shape index (κ3) is 4.30. The molecule has 0 bridgehead atoms. The van der Waals surface area contributed by atoms with Crippen LogP contribution in [0.4, 0.5) is 0 Å². The molecule has 0 unspecified atom stereocenters. The molecule has 78 valence electrons. The van der Waals surface area contributed by atoms with E-state index in [1.807, 2.05) is 0 Å². The minimum Gasteiger partial charge on any atom is -0.351 e. The van der Waals surface area contributed by atoms with E-state index in [0.29, 0.717) is 0 Å². The van der Waals surface area contributed by atoms with E-state index in [1.54, 1.807) is 6.92 Å². The Kier molecular flexibility index (Phi) is 5.76. The molecule has 0 saturated heterocycles. The molecule has 0 radical (unpaired) electrons. The summed E-state index contributed by atoms with van der Waals surface area (Å²) >= 11 is 0. The number of unbranched alkanes of at least 4 members (excludes halogenated alkanes) is 1. The number of hydrogen-bond donors (Lipinski definition) is 1. The Balaban J connectivity index is 4.21. The van der Waals surface area contributed by atoms with Gasteiger partial charge in [0.2, 0.25) is 5.91 Å². The maximum atomic E-state index is 11.0. The molecule has 0 aromatic heterocycles. The lowest BCUT2D eigenvalue weighted by Gasteiger charge is -2.32. The van der Waals surface area contributed by atoms with Crippen LogP contribution < -0.4 is 5.32 Å². The largest absolute Gasteiger partial charge is 0.351 e. The molecule has 2 heteroatoms. The van der Waals surface area contributed by atoms with Gasteiger partial charge in [-0.25, -0.2) is 0 Å². The minimum atomic E-state index is 0.0574. The van der Waals surface area contributed by atoms with E-state index in [-0.39, 0.29) is 11.4 Å². The first-order chi connectivity index (χ1) is 6.10. The molecule has 0 aromatic carbocycles. The van der Waals surface area contributed by atoms with Crippen LogP contribution in [0.5, 0.6) is 0 Å².